The van der Waals surface area contributed by atoms with E-state index >= 15 is 0 Å². The second-order valence-corrected chi connectivity index (χ2v) is 7.81. The van der Waals surface area contributed by atoms with Crippen molar-refractivity contribution in [2.24, 2.45) is 11.1 Å². The van der Waals surface area contributed by atoms with E-state index in [1.807, 2.05) is 17.3 Å². The molecule has 0 saturated heterocycles. The van der Waals surface area contributed by atoms with Crippen LogP contribution in [-0.2, 0) is 11.2 Å². The Morgan fingerprint density at radius 2 is 2.30 bits per heavy atom. The highest BCUT2D eigenvalue weighted by atomic mass is 32.1. The van der Waals surface area contributed by atoms with Gasteiger partial charge in [0.15, 0.2) is 0 Å². The molecule has 0 radical (unpaired) electrons. The summed E-state index contributed by atoms with van der Waals surface area (Å²) in [6.07, 6.45) is 4.10. The van der Waals surface area contributed by atoms with Crippen LogP contribution in [0.3, 0.4) is 0 Å². The van der Waals surface area contributed by atoms with Crippen molar-refractivity contribution < 1.29 is 9.53 Å². The Labute approximate surface area is 143 Å². The summed E-state index contributed by atoms with van der Waals surface area (Å²) in [6, 6.07) is 0.196. The van der Waals surface area contributed by atoms with Crippen molar-refractivity contribution >= 4 is 17.2 Å². The van der Waals surface area contributed by atoms with E-state index in [0.717, 1.165) is 37.3 Å². The Morgan fingerprint density at radius 3 is 2.91 bits per heavy atom. The zero-order valence-electron chi connectivity index (χ0n) is 14.7. The van der Waals surface area contributed by atoms with Gasteiger partial charge in [0.05, 0.1) is 11.1 Å². The topological polar surface area (TPSA) is 68.5 Å². The number of rotatable bonds is 8. The molecular weight excluding hydrogens is 310 g/mol. The van der Waals surface area contributed by atoms with E-state index in [1.165, 1.54) is 11.3 Å². The molecular formula is C17H29N3O2S. The van der Waals surface area contributed by atoms with Crippen LogP contribution in [0.2, 0.25) is 0 Å². The highest BCUT2D eigenvalue weighted by Crippen LogP contribution is 2.45. The zero-order chi connectivity index (χ0) is 17.0. The van der Waals surface area contributed by atoms with Gasteiger partial charge >= 0.3 is 0 Å². The molecule has 1 aromatic heterocycles. The SMILES string of the molecule is CCCCOC1CC(N(C)C(=O)c2csc(CCN)n2)C1(C)C. The van der Waals surface area contributed by atoms with Gasteiger partial charge in [-0.3, -0.25) is 4.79 Å². The average molecular weight is 340 g/mol. The number of aromatic nitrogens is 1. The molecule has 1 aliphatic carbocycles. The van der Waals surface area contributed by atoms with E-state index in [1.54, 1.807) is 0 Å². The van der Waals surface area contributed by atoms with Crippen LogP contribution in [-0.4, -0.2) is 48.1 Å². The molecule has 1 amide bonds. The molecule has 0 aromatic carbocycles. The number of nitrogens with two attached hydrogens (primary N) is 1. The van der Waals surface area contributed by atoms with Crippen LogP contribution in [0.25, 0.3) is 0 Å². The number of hydrogen-bond acceptors (Lipinski definition) is 5. The number of amides is 1. The second-order valence-electron chi connectivity index (χ2n) is 6.87. The molecule has 2 N–H and O–H groups in total. The maximum atomic E-state index is 12.6. The van der Waals surface area contributed by atoms with Crippen molar-refractivity contribution in [1.82, 2.24) is 9.88 Å². The molecule has 1 heterocycles. The van der Waals surface area contributed by atoms with Crippen LogP contribution in [0.4, 0.5) is 0 Å². The first-order chi connectivity index (χ1) is 10.9. The molecule has 2 rings (SSSR count). The second kappa shape index (κ2) is 7.73. The summed E-state index contributed by atoms with van der Waals surface area (Å²) in [4.78, 5) is 18.9. The first-order valence-electron chi connectivity index (χ1n) is 8.45. The third kappa shape index (κ3) is 3.92. The average Bonchev–Trinajstić information content (AvgIpc) is 2.98. The first-order valence-corrected chi connectivity index (χ1v) is 9.33. The fourth-order valence-corrected chi connectivity index (χ4v) is 3.93. The predicted molar refractivity (Wildman–Crippen MR) is 93.8 cm³/mol. The highest BCUT2D eigenvalue weighted by molar-refractivity contribution is 7.09. The largest absolute Gasteiger partial charge is 0.378 e. The van der Waals surface area contributed by atoms with E-state index in [-0.39, 0.29) is 23.5 Å². The lowest BCUT2D eigenvalue weighted by molar-refractivity contribution is -0.140. The molecule has 2 unspecified atom stereocenters. The third-order valence-corrected chi connectivity index (χ3v) is 5.77. The lowest BCUT2D eigenvalue weighted by Gasteiger charge is -2.54. The van der Waals surface area contributed by atoms with E-state index in [4.69, 9.17) is 10.5 Å². The van der Waals surface area contributed by atoms with Crippen molar-refractivity contribution in [2.45, 2.75) is 58.6 Å². The number of hydrogen-bond donors (Lipinski definition) is 1. The van der Waals surface area contributed by atoms with Gasteiger partial charge in [-0.15, -0.1) is 11.3 Å². The fraction of sp³-hybridized carbons (Fsp3) is 0.765. The minimum atomic E-state index is -0.0196. The number of thiazole rings is 1. The molecule has 0 aliphatic heterocycles. The maximum absolute atomic E-state index is 12.6. The Kier molecular flexibility index (Phi) is 6.17. The third-order valence-electron chi connectivity index (χ3n) is 4.86. The minimum Gasteiger partial charge on any atom is -0.378 e. The van der Waals surface area contributed by atoms with Crippen LogP contribution in [0, 0.1) is 5.41 Å². The predicted octanol–water partition coefficient (Wildman–Crippen LogP) is 2.70. The Morgan fingerprint density at radius 1 is 1.57 bits per heavy atom. The van der Waals surface area contributed by atoms with Gasteiger partial charge in [-0.05, 0) is 19.4 Å². The zero-order valence-corrected chi connectivity index (χ0v) is 15.5. The van der Waals surface area contributed by atoms with E-state index in [2.05, 4.69) is 25.8 Å². The van der Waals surface area contributed by atoms with Crippen molar-refractivity contribution in [1.29, 1.82) is 0 Å². The summed E-state index contributed by atoms with van der Waals surface area (Å²) in [5.41, 5.74) is 6.06. The molecule has 23 heavy (non-hydrogen) atoms. The number of carbonyl (C=O) groups excluding carboxylic acids is 1. The van der Waals surface area contributed by atoms with Gasteiger partial charge in [-0.1, -0.05) is 27.2 Å². The maximum Gasteiger partial charge on any atom is 0.273 e. The normalized spacial score (nSPS) is 22.7. The quantitative estimate of drug-likeness (QED) is 0.739. The molecule has 6 heteroatoms. The van der Waals surface area contributed by atoms with E-state index in [9.17, 15) is 4.79 Å². The summed E-state index contributed by atoms with van der Waals surface area (Å²) in [5.74, 6) is -0.00500. The van der Waals surface area contributed by atoms with Gasteiger partial charge in [0.1, 0.15) is 5.69 Å². The molecule has 5 nitrogen and oxygen atoms in total. The van der Waals surface area contributed by atoms with Crippen molar-refractivity contribution in [3.63, 3.8) is 0 Å². The van der Waals surface area contributed by atoms with Crippen LogP contribution in [0.15, 0.2) is 5.38 Å². The Balaban J connectivity index is 1.94. The molecule has 0 bridgehead atoms. The summed E-state index contributed by atoms with van der Waals surface area (Å²) in [6.45, 7) is 7.90. The minimum absolute atomic E-state index is 0.00500. The number of ether oxygens (including phenoxy) is 1. The van der Waals surface area contributed by atoms with E-state index < -0.39 is 0 Å². The Hall–Kier alpha value is -0.980. The van der Waals surface area contributed by atoms with Crippen molar-refractivity contribution in [3.05, 3.63) is 16.1 Å². The monoisotopic (exact) mass is 339 g/mol. The molecule has 0 spiro atoms. The van der Waals surface area contributed by atoms with Crippen LogP contribution in [0.5, 0.6) is 0 Å². The number of nitrogens with zero attached hydrogens (tertiary/aromatic N) is 2. The molecule has 130 valence electrons. The highest BCUT2D eigenvalue weighted by Gasteiger charge is 2.52. The number of carbonyl (C=O) groups is 1. The summed E-state index contributed by atoms with van der Waals surface area (Å²) >= 11 is 1.51. The van der Waals surface area contributed by atoms with Gasteiger partial charge in [0.25, 0.3) is 5.91 Å². The lowest BCUT2D eigenvalue weighted by Crippen LogP contribution is -2.62. The molecule has 1 saturated carbocycles. The van der Waals surface area contributed by atoms with Gasteiger partial charge in [-0.2, -0.15) is 0 Å². The first kappa shape index (κ1) is 18.4. The van der Waals surface area contributed by atoms with Gasteiger partial charge in [0, 0.05) is 36.9 Å². The molecule has 1 aliphatic rings. The molecule has 1 fully saturated rings. The van der Waals surface area contributed by atoms with Gasteiger partial charge in [0.2, 0.25) is 0 Å². The summed E-state index contributed by atoms with van der Waals surface area (Å²) in [7, 11) is 1.87. The summed E-state index contributed by atoms with van der Waals surface area (Å²) < 4.78 is 5.97. The summed E-state index contributed by atoms with van der Waals surface area (Å²) in [5, 5.41) is 2.77. The smallest absolute Gasteiger partial charge is 0.273 e. The van der Waals surface area contributed by atoms with Crippen LogP contribution >= 0.6 is 11.3 Å². The van der Waals surface area contributed by atoms with E-state index in [0.29, 0.717) is 12.2 Å². The van der Waals surface area contributed by atoms with Crippen LogP contribution < -0.4 is 5.73 Å². The van der Waals surface area contributed by atoms with Crippen molar-refractivity contribution in [3.8, 4) is 0 Å². The van der Waals surface area contributed by atoms with Gasteiger partial charge < -0.3 is 15.4 Å². The lowest BCUT2D eigenvalue weighted by atomic mass is 9.63. The van der Waals surface area contributed by atoms with Crippen molar-refractivity contribution in [2.75, 3.05) is 20.2 Å². The van der Waals surface area contributed by atoms with Crippen LogP contribution in [0.1, 0.15) is 55.5 Å². The fourth-order valence-electron chi connectivity index (χ4n) is 3.14. The molecule has 1 aromatic rings. The molecule has 2 atom stereocenters. The number of unbranched alkanes of at least 4 members (excludes halogenated alkanes) is 1. The Bertz CT molecular complexity index is 530. The standard InChI is InChI=1S/C17H29N3O2S/c1-5-6-9-22-14-10-13(17(14,2)3)20(4)16(21)12-11-23-15(19-12)7-8-18/h11,13-14H,5-10,18H2,1-4H3. The van der Waals surface area contributed by atoms with Gasteiger partial charge in [-0.25, -0.2) is 4.98 Å².